The van der Waals surface area contributed by atoms with Gasteiger partial charge in [-0.25, -0.2) is 4.79 Å². The fourth-order valence-corrected chi connectivity index (χ4v) is 2.44. The van der Waals surface area contributed by atoms with Crippen molar-refractivity contribution in [2.24, 2.45) is 0 Å². The van der Waals surface area contributed by atoms with Gasteiger partial charge in [0.25, 0.3) is 0 Å². The molecule has 1 aromatic heterocycles. The molecule has 0 saturated heterocycles. The molecule has 0 radical (unpaired) electrons. The van der Waals surface area contributed by atoms with Gasteiger partial charge in [0.15, 0.2) is 0 Å². The van der Waals surface area contributed by atoms with Gasteiger partial charge in [0.1, 0.15) is 12.4 Å². The van der Waals surface area contributed by atoms with Crippen molar-refractivity contribution in [1.29, 1.82) is 0 Å². The number of ether oxygens (including phenoxy) is 1. The van der Waals surface area contributed by atoms with E-state index in [1.54, 1.807) is 12.4 Å². The Kier molecular flexibility index (Phi) is 5.83. The van der Waals surface area contributed by atoms with Crippen molar-refractivity contribution < 1.29 is 9.53 Å². The standard InChI is InChI=1S/C21H21N3O2/c1-16-9-10-19(20(12-16)26-15-17-6-3-2-4-7-17)24-21(25)23-14-18-8-5-11-22-13-18/h2-13H,14-15H2,1H3,(H2,23,24,25). The lowest BCUT2D eigenvalue weighted by Gasteiger charge is -2.14. The second kappa shape index (κ2) is 8.67. The van der Waals surface area contributed by atoms with Crippen molar-refractivity contribution in [1.82, 2.24) is 10.3 Å². The van der Waals surface area contributed by atoms with Crippen LogP contribution in [0.2, 0.25) is 0 Å². The van der Waals surface area contributed by atoms with E-state index in [4.69, 9.17) is 4.74 Å². The Bertz CT molecular complexity index is 852. The first kappa shape index (κ1) is 17.5. The maximum absolute atomic E-state index is 12.2. The minimum Gasteiger partial charge on any atom is -0.487 e. The van der Waals surface area contributed by atoms with Crippen molar-refractivity contribution in [2.75, 3.05) is 5.32 Å². The Hall–Kier alpha value is -3.34. The summed E-state index contributed by atoms with van der Waals surface area (Å²) in [6.07, 6.45) is 3.42. The van der Waals surface area contributed by atoms with E-state index in [0.717, 1.165) is 16.7 Å². The molecule has 2 aromatic carbocycles. The third kappa shape index (κ3) is 5.08. The highest BCUT2D eigenvalue weighted by Gasteiger charge is 2.09. The van der Waals surface area contributed by atoms with Gasteiger partial charge in [-0.15, -0.1) is 0 Å². The number of carbonyl (C=O) groups excluding carboxylic acids is 1. The van der Waals surface area contributed by atoms with E-state index in [1.165, 1.54) is 0 Å². The average molecular weight is 347 g/mol. The fourth-order valence-electron chi connectivity index (χ4n) is 2.44. The van der Waals surface area contributed by atoms with Gasteiger partial charge in [-0.1, -0.05) is 42.5 Å². The Balaban J connectivity index is 1.62. The molecule has 2 amide bonds. The number of hydrogen-bond acceptors (Lipinski definition) is 3. The number of hydrogen-bond donors (Lipinski definition) is 2. The molecule has 5 nitrogen and oxygen atoms in total. The van der Waals surface area contributed by atoms with Crippen molar-refractivity contribution in [2.45, 2.75) is 20.1 Å². The van der Waals surface area contributed by atoms with Crippen LogP contribution < -0.4 is 15.4 Å². The van der Waals surface area contributed by atoms with E-state index < -0.39 is 0 Å². The van der Waals surface area contributed by atoms with Crippen molar-refractivity contribution in [3.8, 4) is 5.75 Å². The van der Waals surface area contributed by atoms with Crippen LogP contribution in [0.5, 0.6) is 5.75 Å². The molecule has 0 saturated carbocycles. The van der Waals surface area contributed by atoms with Gasteiger partial charge < -0.3 is 15.4 Å². The van der Waals surface area contributed by atoms with Crippen LogP contribution >= 0.6 is 0 Å². The molecule has 0 aliphatic rings. The van der Waals surface area contributed by atoms with Crippen LogP contribution in [-0.2, 0) is 13.2 Å². The summed E-state index contributed by atoms with van der Waals surface area (Å²) < 4.78 is 5.92. The van der Waals surface area contributed by atoms with Crippen molar-refractivity contribution in [3.05, 3.63) is 89.7 Å². The lowest BCUT2D eigenvalue weighted by molar-refractivity contribution is 0.251. The predicted molar refractivity (Wildman–Crippen MR) is 102 cm³/mol. The first-order chi connectivity index (χ1) is 12.7. The molecule has 0 unspecified atom stereocenters. The maximum atomic E-state index is 12.2. The molecule has 0 spiro atoms. The Morgan fingerprint density at radius 1 is 1.04 bits per heavy atom. The number of pyridine rings is 1. The first-order valence-corrected chi connectivity index (χ1v) is 8.42. The number of amides is 2. The van der Waals surface area contributed by atoms with Crippen LogP contribution in [0.15, 0.2) is 73.1 Å². The van der Waals surface area contributed by atoms with Crippen LogP contribution in [-0.4, -0.2) is 11.0 Å². The molecule has 3 rings (SSSR count). The maximum Gasteiger partial charge on any atom is 0.319 e. The second-order valence-electron chi connectivity index (χ2n) is 5.94. The zero-order valence-electron chi connectivity index (χ0n) is 14.6. The zero-order chi connectivity index (χ0) is 18.2. The van der Waals surface area contributed by atoms with Crippen LogP contribution in [0.25, 0.3) is 0 Å². The van der Waals surface area contributed by atoms with E-state index in [9.17, 15) is 4.79 Å². The van der Waals surface area contributed by atoms with Gasteiger partial charge in [-0.05, 0) is 41.8 Å². The van der Waals surface area contributed by atoms with E-state index >= 15 is 0 Å². The lowest BCUT2D eigenvalue weighted by Crippen LogP contribution is -2.28. The third-order valence-electron chi connectivity index (χ3n) is 3.80. The predicted octanol–water partition coefficient (Wildman–Crippen LogP) is 4.29. The van der Waals surface area contributed by atoms with Crippen LogP contribution in [0.4, 0.5) is 10.5 Å². The van der Waals surface area contributed by atoms with Crippen LogP contribution in [0, 0.1) is 6.92 Å². The molecule has 0 atom stereocenters. The van der Waals surface area contributed by atoms with E-state index in [1.807, 2.05) is 67.6 Å². The van der Waals surface area contributed by atoms with E-state index in [0.29, 0.717) is 24.6 Å². The summed E-state index contributed by atoms with van der Waals surface area (Å²) >= 11 is 0. The number of urea groups is 1. The number of rotatable bonds is 6. The molecule has 2 N–H and O–H groups in total. The van der Waals surface area contributed by atoms with Gasteiger partial charge in [0.2, 0.25) is 0 Å². The molecule has 3 aromatic rings. The van der Waals surface area contributed by atoms with Gasteiger partial charge in [0, 0.05) is 18.9 Å². The summed E-state index contributed by atoms with van der Waals surface area (Å²) in [5.74, 6) is 0.644. The average Bonchev–Trinajstić information content (AvgIpc) is 2.68. The second-order valence-corrected chi connectivity index (χ2v) is 5.94. The molecule has 0 aliphatic heterocycles. The van der Waals surface area contributed by atoms with Gasteiger partial charge in [-0.3, -0.25) is 4.98 Å². The summed E-state index contributed by atoms with van der Waals surface area (Å²) in [5, 5.41) is 5.67. The number of carbonyl (C=O) groups is 1. The number of anilines is 1. The molecule has 0 bridgehead atoms. The van der Waals surface area contributed by atoms with E-state index in [-0.39, 0.29) is 6.03 Å². The van der Waals surface area contributed by atoms with Crippen LogP contribution in [0.3, 0.4) is 0 Å². The molecule has 1 heterocycles. The molecule has 132 valence electrons. The number of benzene rings is 2. The number of aromatic nitrogens is 1. The zero-order valence-corrected chi connectivity index (χ0v) is 14.6. The highest BCUT2D eigenvalue weighted by atomic mass is 16.5. The summed E-state index contributed by atoms with van der Waals surface area (Å²) in [4.78, 5) is 16.2. The Morgan fingerprint density at radius 3 is 2.62 bits per heavy atom. The SMILES string of the molecule is Cc1ccc(NC(=O)NCc2cccnc2)c(OCc2ccccc2)c1. The number of aryl methyl sites for hydroxylation is 1. The fraction of sp³-hybridized carbons (Fsp3) is 0.143. The van der Waals surface area contributed by atoms with Crippen molar-refractivity contribution in [3.63, 3.8) is 0 Å². The number of nitrogens with zero attached hydrogens (tertiary/aromatic N) is 1. The minimum absolute atomic E-state index is 0.290. The highest BCUT2D eigenvalue weighted by Crippen LogP contribution is 2.26. The summed E-state index contributed by atoms with van der Waals surface area (Å²) in [7, 11) is 0. The smallest absolute Gasteiger partial charge is 0.319 e. The summed E-state index contributed by atoms with van der Waals surface area (Å²) in [6, 6.07) is 19.1. The molecule has 5 heteroatoms. The van der Waals surface area contributed by atoms with Gasteiger partial charge >= 0.3 is 6.03 Å². The molecular formula is C21H21N3O2. The summed E-state index contributed by atoms with van der Waals surface area (Å²) in [6.45, 7) is 2.84. The molecule has 0 fully saturated rings. The molecular weight excluding hydrogens is 326 g/mol. The topological polar surface area (TPSA) is 63.2 Å². The lowest BCUT2D eigenvalue weighted by atomic mass is 10.2. The normalized spacial score (nSPS) is 10.2. The monoisotopic (exact) mass is 347 g/mol. The number of nitrogens with one attached hydrogen (secondary N) is 2. The van der Waals surface area contributed by atoms with Crippen molar-refractivity contribution >= 4 is 11.7 Å². The largest absolute Gasteiger partial charge is 0.487 e. The minimum atomic E-state index is -0.290. The Morgan fingerprint density at radius 2 is 1.85 bits per heavy atom. The third-order valence-corrected chi connectivity index (χ3v) is 3.80. The van der Waals surface area contributed by atoms with E-state index in [2.05, 4.69) is 15.6 Å². The molecule has 0 aliphatic carbocycles. The van der Waals surface area contributed by atoms with Gasteiger partial charge in [0.05, 0.1) is 5.69 Å². The van der Waals surface area contributed by atoms with Gasteiger partial charge in [-0.2, -0.15) is 0 Å². The highest BCUT2D eigenvalue weighted by molar-refractivity contribution is 5.90. The molecule has 26 heavy (non-hydrogen) atoms. The Labute approximate surface area is 153 Å². The first-order valence-electron chi connectivity index (χ1n) is 8.42. The quantitative estimate of drug-likeness (QED) is 0.699. The van der Waals surface area contributed by atoms with Crippen LogP contribution in [0.1, 0.15) is 16.7 Å². The summed E-state index contributed by atoms with van der Waals surface area (Å²) in [5.41, 5.74) is 3.71.